The molecule has 21 heavy (non-hydrogen) atoms. The van der Waals surface area contributed by atoms with Gasteiger partial charge in [0, 0.05) is 19.0 Å². The van der Waals surface area contributed by atoms with Crippen molar-refractivity contribution in [2.24, 2.45) is 0 Å². The van der Waals surface area contributed by atoms with Gasteiger partial charge in [0.05, 0.1) is 5.75 Å². The van der Waals surface area contributed by atoms with E-state index < -0.39 is 53.1 Å². The largest absolute Gasteiger partial charge is 0.403 e. The lowest BCUT2D eigenvalue weighted by Crippen LogP contribution is -2.54. The molecule has 4 nitrogen and oxygen atoms in total. The van der Waals surface area contributed by atoms with E-state index in [-0.39, 0.29) is 19.4 Å². The zero-order valence-corrected chi connectivity index (χ0v) is 11.7. The monoisotopic (exact) mass is 342 g/mol. The van der Waals surface area contributed by atoms with Gasteiger partial charge in [-0.25, -0.2) is 13.1 Å². The van der Waals surface area contributed by atoms with Crippen molar-refractivity contribution in [1.82, 2.24) is 10.0 Å². The van der Waals surface area contributed by atoms with Crippen molar-refractivity contribution < 1.29 is 34.8 Å². The quantitative estimate of drug-likeness (QED) is 0.751. The molecule has 0 aliphatic carbocycles. The van der Waals surface area contributed by atoms with Crippen LogP contribution in [0.5, 0.6) is 0 Å². The molecule has 2 N–H and O–H groups in total. The van der Waals surface area contributed by atoms with Crippen molar-refractivity contribution in [3.05, 3.63) is 0 Å². The third-order valence-electron chi connectivity index (χ3n) is 3.03. The molecule has 1 saturated heterocycles. The molecular formula is C10H16F6N2O2S. The van der Waals surface area contributed by atoms with Gasteiger partial charge in [-0.2, -0.15) is 26.3 Å². The maximum atomic E-state index is 12.4. The fourth-order valence-corrected chi connectivity index (χ4v) is 3.36. The number of nitrogens with one attached hydrogen (secondary N) is 2. The molecule has 1 fully saturated rings. The highest BCUT2D eigenvalue weighted by Gasteiger charge is 2.41. The zero-order chi connectivity index (χ0) is 16.3. The number of rotatable bonds is 5. The van der Waals surface area contributed by atoms with Crippen LogP contribution in [0.2, 0.25) is 0 Å². The lowest BCUT2D eigenvalue weighted by molar-refractivity contribution is -0.160. The molecule has 1 aliphatic rings. The summed E-state index contributed by atoms with van der Waals surface area (Å²) in [6.07, 6.45) is -10.9. The average Bonchev–Trinajstić information content (AvgIpc) is 2.25. The topological polar surface area (TPSA) is 58.2 Å². The first-order chi connectivity index (χ1) is 9.39. The number of hydrogen-bond donors (Lipinski definition) is 2. The van der Waals surface area contributed by atoms with Crippen LogP contribution in [0.15, 0.2) is 0 Å². The summed E-state index contributed by atoms with van der Waals surface area (Å²) in [6.45, 7) is -0.206. The second-order valence-corrected chi connectivity index (χ2v) is 6.81. The molecule has 0 radical (unpaired) electrons. The zero-order valence-electron chi connectivity index (χ0n) is 10.9. The predicted molar refractivity (Wildman–Crippen MR) is 63.1 cm³/mol. The fourth-order valence-electron chi connectivity index (χ4n) is 2.01. The van der Waals surface area contributed by atoms with E-state index in [1.165, 1.54) is 0 Å². The summed E-state index contributed by atoms with van der Waals surface area (Å²) in [5.41, 5.74) is 0. The van der Waals surface area contributed by atoms with Crippen LogP contribution in [0.3, 0.4) is 0 Å². The molecule has 0 spiro atoms. The van der Waals surface area contributed by atoms with Gasteiger partial charge in [0.1, 0.15) is 6.04 Å². The van der Waals surface area contributed by atoms with E-state index in [9.17, 15) is 34.8 Å². The van der Waals surface area contributed by atoms with E-state index in [4.69, 9.17) is 0 Å². The molecule has 0 aromatic carbocycles. The van der Waals surface area contributed by atoms with E-state index in [0.29, 0.717) is 0 Å². The Labute approximate surface area is 118 Å². The Morgan fingerprint density at radius 1 is 1.10 bits per heavy atom. The summed E-state index contributed by atoms with van der Waals surface area (Å²) >= 11 is 0. The Kier molecular flexibility index (Phi) is 5.90. The van der Waals surface area contributed by atoms with E-state index in [2.05, 4.69) is 10.0 Å². The Morgan fingerprint density at radius 3 is 2.14 bits per heavy atom. The number of halogens is 6. The Bertz CT molecular complexity index is 426. The summed E-state index contributed by atoms with van der Waals surface area (Å²) in [5.74, 6) is -0.703. The minimum Gasteiger partial charge on any atom is -0.305 e. The van der Waals surface area contributed by atoms with Crippen molar-refractivity contribution in [1.29, 1.82) is 0 Å². The summed E-state index contributed by atoms with van der Waals surface area (Å²) in [5, 5.41) is 2.18. The Balaban J connectivity index is 2.37. The SMILES string of the molecule is O=S(=O)(CCCC(F)(F)F)NC1CCC(C(F)(F)F)NC1. The highest BCUT2D eigenvalue weighted by Crippen LogP contribution is 2.26. The van der Waals surface area contributed by atoms with E-state index in [1.807, 2.05) is 0 Å². The number of piperidine rings is 1. The van der Waals surface area contributed by atoms with Gasteiger partial charge in [-0.05, 0) is 19.3 Å². The third-order valence-corrected chi connectivity index (χ3v) is 4.55. The first-order valence-corrected chi connectivity index (χ1v) is 7.91. The molecule has 0 aromatic rings. The number of alkyl halides is 6. The van der Waals surface area contributed by atoms with Crippen LogP contribution in [0.1, 0.15) is 25.7 Å². The van der Waals surface area contributed by atoms with Gasteiger partial charge in [-0.1, -0.05) is 0 Å². The second kappa shape index (κ2) is 6.69. The minimum atomic E-state index is -4.43. The van der Waals surface area contributed by atoms with Crippen molar-refractivity contribution in [3.8, 4) is 0 Å². The van der Waals surface area contributed by atoms with Crippen LogP contribution in [0.4, 0.5) is 26.3 Å². The van der Waals surface area contributed by atoms with Crippen LogP contribution in [0.25, 0.3) is 0 Å². The van der Waals surface area contributed by atoms with E-state index in [1.54, 1.807) is 0 Å². The minimum absolute atomic E-state index is 0.0182. The molecule has 1 rings (SSSR count). The van der Waals surface area contributed by atoms with Crippen molar-refractivity contribution in [2.75, 3.05) is 12.3 Å². The summed E-state index contributed by atoms with van der Waals surface area (Å²) in [7, 11) is -3.93. The van der Waals surface area contributed by atoms with Crippen molar-refractivity contribution in [2.45, 2.75) is 50.1 Å². The maximum Gasteiger partial charge on any atom is 0.403 e. The van der Waals surface area contributed by atoms with Gasteiger partial charge in [0.25, 0.3) is 0 Å². The van der Waals surface area contributed by atoms with Crippen LogP contribution in [-0.2, 0) is 10.0 Å². The number of hydrogen-bond acceptors (Lipinski definition) is 3. The van der Waals surface area contributed by atoms with Crippen LogP contribution >= 0.6 is 0 Å². The predicted octanol–water partition coefficient (Wildman–Crippen LogP) is 1.93. The van der Waals surface area contributed by atoms with Gasteiger partial charge in [-0.3, -0.25) is 0 Å². The summed E-state index contributed by atoms with van der Waals surface area (Å²) in [6, 6.07) is -2.41. The first kappa shape index (κ1) is 18.5. The van der Waals surface area contributed by atoms with E-state index in [0.717, 1.165) is 0 Å². The molecule has 0 aromatic heterocycles. The van der Waals surface area contributed by atoms with Gasteiger partial charge in [0.2, 0.25) is 10.0 Å². The first-order valence-electron chi connectivity index (χ1n) is 6.26. The smallest absolute Gasteiger partial charge is 0.305 e. The van der Waals surface area contributed by atoms with Crippen LogP contribution in [0, 0.1) is 0 Å². The lowest BCUT2D eigenvalue weighted by atomic mass is 10.0. The molecule has 2 atom stereocenters. The maximum absolute atomic E-state index is 12.4. The van der Waals surface area contributed by atoms with Gasteiger partial charge in [-0.15, -0.1) is 0 Å². The third kappa shape index (κ3) is 7.32. The molecule has 2 unspecified atom stereocenters. The molecule has 0 bridgehead atoms. The number of sulfonamides is 1. The summed E-state index contributed by atoms with van der Waals surface area (Å²) in [4.78, 5) is 0. The molecular weight excluding hydrogens is 326 g/mol. The highest BCUT2D eigenvalue weighted by molar-refractivity contribution is 7.89. The second-order valence-electron chi connectivity index (χ2n) is 4.93. The fraction of sp³-hybridized carbons (Fsp3) is 1.00. The molecule has 126 valence electrons. The van der Waals surface area contributed by atoms with Crippen molar-refractivity contribution >= 4 is 10.0 Å². The van der Waals surface area contributed by atoms with E-state index >= 15 is 0 Å². The van der Waals surface area contributed by atoms with Gasteiger partial charge >= 0.3 is 12.4 Å². The molecule has 0 saturated carbocycles. The normalized spacial score (nSPS) is 25.0. The molecule has 0 amide bonds. The standard InChI is InChI=1S/C10H16F6N2O2S/c11-9(12,13)4-1-5-21(19,20)18-7-2-3-8(17-6-7)10(14,15)16/h7-8,17-18H,1-6H2. The van der Waals surface area contributed by atoms with Gasteiger partial charge < -0.3 is 5.32 Å². The van der Waals surface area contributed by atoms with Crippen LogP contribution < -0.4 is 10.0 Å². The Morgan fingerprint density at radius 2 is 1.71 bits per heavy atom. The molecule has 1 heterocycles. The molecule has 1 aliphatic heterocycles. The van der Waals surface area contributed by atoms with Crippen molar-refractivity contribution in [3.63, 3.8) is 0 Å². The average molecular weight is 342 g/mol. The lowest BCUT2D eigenvalue weighted by Gasteiger charge is -2.31. The summed E-state index contributed by atoms with van der Waals surface area (Å²) < 4.78 is 98.1. The molecule has 11 heteroatoms. The Hall–Kier alpha value is -0.550. The van der Waals surface area contributed by atoms with Gasteiger partial charge in [0.15, 0.2) is 0 Å². The highest BCUT2D eigenvalue weighted by atomic mass is 32.2. The van der Waals surface area contributed by atoms with Crippen LogP contribution in [-0.4, -0.2) is 45.2 Å².